The van der Waals surface area contributed by atoms with Crippen LogP contribution in [0.25, 0.3) is 0 Å². The summed E-state index contributed by atoms with van der Waals surface area (Å²) in [5.41, 5.74) is 1.37. The lowest BCUT2D eigenvalue weighted by Gasteiger charge is -2.11. The quantitative estimate of drug-likeness (QED) is 0.257. The number of rotatable bonds is 5. The monoisotopic (exact) mass is 564 g/mol. The van der Waals surface area contributed by atoms with Gasteiger partial charge in [-0.15, -0.1) is 0 Å². The average molecular weight is 564 g/mol. The second-order valence-electron chi connectivity index (χ2n) is 5.13. The van der Waals surface area contributed by atoms with Crippen molar-refractivity contribution in [3.05, 3.63) is 66.8 Å². The summed E-state index contributed by atoms with van der Waals surface area (Å²) in [7, 11) is 0. The van der Waals surface area contributed by atoms with Gasteiger partial charge in [0.2, 0.25) is 0 Å². The van der Waals surface area contributed by atoms with E-state index in [1.165, 1.54) is 24.3 Å². The standard InChI is InChI=1S/C18H14I2O5/c1-10(2)17(22)24-13-5-3-12(4-6-13)18(23)25-16-14(19)7-11(9-21)8-15(16)20/h3-8,21H,1,9H2,2H3. The van der Waals surface area contributed by atoms with E-state index in [1.807, 2.05) is 0 Å². The maximum atomic E-state index is 12.3. The van der Waals surface area contributed by atoms with Gasteiger partial charge in [-0.1, -0.05) is 6.58 Å². The first-order valence-corrected chi connectivity index (χ1v) is 9.26. The third-order valence-electron chi connectivity index (χ3n) is 3.08. The first-order valence-electron chi connectivity index (χ1n) is 7.10. The Kier molecular flexibility index (Phi) is 6.96. The number of esters is 2. The molecular weight excluding hydrogens is 550 g/mol. The Bertz CT molecular complexity index is 805. The van der Waals surface area contributed by atoms with Gasteiger partial charge in [-0.25, -0.2) is 9.59 Å². The second-order valence-corrected chi connectivity index (χ2v) is 7.45. The highest BCUT2D eigenvalue weighted by molar-refractivity contribution is 14.1. The number of halogens is 2. The number of carbonyl (C=O) groups excluding carboxylic acids is 2. The van der Waals surface area contributed by atoms with Crippen LogP contribution >= 0.6 is 45.2 Å². The van der Waals surface area contributed by atoms with Crippen LogP contribution < -0.4 is 9.47 Å². The van der Waals surface area contributed by atoms with Gasteiger partial charge in [0, 0.05) is 5.57 Å². The summed E-state index contributed by atoms with van der Waals surface area (Å²) >= 11 is 4.11. The van der Waals surface area contributed by atoms with Crippen LogP contribution in [0.15, 0.2) is 48.6 Å². The second kappa shape index (κ2) is 8.77. The maximum absolute atomic E-state index is 12.3. The molecule has 0 aromatic heterocycles. The highest BCUT2D eigenvalue weighted by Gasteiger charge is 2.15. The highest BCUT2D eigenvalue weighted by Crippen LogP contribution is 2.30. The van der Waals surface area contributed by atoms with Gasteiger partial charge in [0.05, 0.1) is 19.3 Å². The van der Waals surface area contributed by atoms with E-state index in [-0.39, 0.29) is 6.61 Å². The van der Waals surface area contributed by atoms with Gasteiger partial charge in [-0.3, -0.25) is 0 Å². The Balaban J connectivity index is 2.14. The number of carbonyl (C=O) groups is 2. The molecule has 0 amide bonds. The molecule has 0 bridgehead atoms. The lowest BCUT2D eigenvalue weighted by atomic mass is 10.2. The summed E-state index contributed by atoms with van der Waals surface area (Å²) in [5, 5.41) is 9.20. The molecule has 2 aromatic rings. The number of hydrogen-bond donors (Lipinski definition) is 1. The number of ether oxygens (including phenoxy) is 2. The molecule has 2 rings (SSSR count). The summed E-state index contributed by atoms with van der Waals surface area (Å²) in [4.78, 5) is 23.8. The van der Waals surface area contributed by atoms with Crippen molar-refractivity contribution in [3.63, 3.8) is 0 Å². The van der Waals surface area contributed by atoms with Crippen molar-refractivity contribution in [2.45, 2.75) is 13.5 Å². The van der Waals surface area contributed by atoms with Crippen LogP contribution in [-0.2, 0) is 11.4 Å². The molecule has 0 saturated carbocycles. The van der Waals surface area contributed by atoms with Crippen LogP contribution in [0, 0.1) is 7.14 Å². The summed E-state index contributed by atoms with van der Waals surface area (Å²) in [6.45, 7) is 4.98. The molecule has 0 heterocycles. The number of hydrogen-bond acceptors (Lipinski definition) is 5. The van der Waals surface area contributed by atoms with Crippen molar-refractivity contribution >= 4 is 57.1 Å². The van der Waals surface area contributed by atoms with Crippen molar-refractivity contribution < 1.29 is 24.2 Å². The maximum Gasteiger partial charge on any atom is 0.343 e. The van der Waals surface area contributed by atoms with Gasteiger partial charge in [0.15, 0.2) is 5.75 Å². The van der Waals surface area contributed by atoms with Crippen molar-refractivity contribution in [1.29, 1.82) is 0 Å². The van der Waals surface area contributed by atoms with Gasteiger partial charge in [0.25, 0.3) is 0 Å². The van der Waals surface area contributed by atoms with Crippen molar-refractivity contribution in [3.8, 4) is 11.5 Å². The van der Waals surface area contributed by atoms with Crippen LogP contribution in [-0.4, -0.2) is 17.0 Å². The van der Waals surface area contributed by atoms with Crippen molar-refractivity contribution in [1.82, 2.24) is 0 Å². The summed E-state index contributed by atoms with van der Waals surface area (Å²) in [6.07, 6.45) is 0. The molecule has 1 N–H and O–H groups in total. The SMILES string of the molecule is C=C(C)C(=O)Oc1ccc(C(=O)Oc2c(I)cc(CO)cc2I)cc1. The number of benzene rings is 2. The van der Waals surface area contributed by atoms with Crippen molar-refractivity contribution in [2.24, 2.45) is 0 Å². The molecular formula is C18H14I2O5. The molecule has 130 valence electrons. The molecule has 0 aliphatic rings. The minimum absolute atomic E-state index is 0.0788. The first-order chi connectivity index (χ1) is 11.8. The molecule has 5 nitrogen and oxygen atoms in total. The molecule has 0 aliphatic heterocycles. The lowest BCUT2D eigenvalue weighted by Crippen LogP contribution is -2.11. The van der Waals surface area contributed by atoms with Gasteiger partial charge in [-0.05, 0) is 94.1 Å². The normalized spacial score (nSPS) is 10.2. The molecule has 0 fully saturated rings. The first kappa shape index (κ1) is 19.9. The highest BCUT2D eigenvalue weighted by atomic mass is 127. The minimum Gasteiger partial charge on any atom is -0.423 e. The van der Waals surface area contributed by atoms with Crippen LogP contribution in [0.5, 0.6) is 11.5 Å². The molecule has 0 aliphatic carbocycles. The van der Waals surface area contributed by atoms with E-state index in [4.69, 9.17) is 9.47 Å². The molecule has 0 saturated heterocycles. The van der Waals surface area contributed by atoms with Gasteiger partial charge < -0.3 is 14.6 Å². The van der Waals surface area contributed by atoms with E-state index in [9.17, 15) is 14.7 Å². The Labute approximate surface area is 172 Å². The largest absolute Gasteiger partial charge is 0.423 e. The Morgan fingerprint density at radius 3 is 2.12 bits per heavy atom. The molecule has 0 atom stereocenters. The molecule has 0 unspecified atom stereocenters. The average Bonchev–Trinajstić information content (AvgIpc) is 2.58. The van der Waals surface area contributed by atoms with Gasteiger partial charge in [-0.2, -0.15) is 0 Å². The van der Waals surface area contributed by atoms with Crippen LogP contribution in [0.1, 0.15) is 22.8 Å². The Hall–Kier alpha value is -1.46. The predicted molar refractivity (Wildman–Crippen MR) is 110 cm³/mol. The Morgan fingerprint density at radius 2 is 1.64 bits per heavy atom. The molecule has 2 aromatic carbocycles. The van der Waals surface area contributed by atoms with Crippen LogP contribution in [0.2, 0.25) is 0 Å². The van der Waals surface area contributed by atoms with E-state index in [0.717, 1.165) is 12.7 Å². The molecule has 7 heteroatoms. The number of aliphatic hydroxyl groups is 1. The van der Waals surface area contributed by atoms with Crippen LogP contribution in [0.4, 0.5) is 0 Å². The third-order valence-corrected chi connectivity index (χ3v) is 4.69. The van der Waals surface area contributed by atoms with E-state index in [0.29, 0.717) is 22.6 Å². The zero-order valence-corrected chi connectivity index (χ0v) is 17.5. The summed E-state index contributed by atoms with van der Waals surface area (Å²) < 4.78 is 12.0. The van der Waals surface area contributed by atoms with Crippen molar-refractivity contribution in [2.75, 3.05) is 0 Å². The molecule has 0 spiro atoms. The fourth-order valence-electron chi connectivity index (χ4n) is 1.81. The van der Waals surface area contributed by atoms with E-state index >= 15 is 0 Å². The zero-order chi connectivity index (χ0) is 18.6. The fraction of sp³-hybridized carbons (Fsp3) is 0.111. The number of aliphatic hydroxyl groups excluding tert-OH is 1. The molecule has 0 radical (unpaired) electrons. The van der Waals surface area contributed by atoms with Gasteiger partial charge in [0.1, 0.15) is 5.75 Å². The van der Waals surface area contributed by atoms with Crippen LogP contribution in [0.3, 0.4) is 0 Å². The smallest absolute Gasteiger partial charge is 0.343 e. The van der Waals surface area contributed by atoms with Gasteiger partial charge >= 0.3 is 11.9 Å². The molecule has 25 heavy (non-hydrogen) atoms. The lowest BCUT2D eigenvalue weighted by molar-refractivity contribution is -0.130. The summed E-state index contributed by atoms with van der Waals surface area (Å²) in [5.74, 6) is -0.282. The predicted octanol–water partition coefficient (Wildman–Crippen LogP) is 4.09. The zero-order valence-electron chi connectivity index (χ0n) is 13.2. The summed E-state index contributed by atoms with van der Waals surface area (Å²) in [6, 6.07) is 9.58. The van der Waals surface area contributed by atoms with E-state index < -0.39 is 11.9 Å². The topological polar surface area (TPSA) is 72.8 Å². The van der Waals surface area contributed by atoms with E-state index in [2.05, 4.69) is 51.8 Å². The Morgan fingerprint density at radius 1 is 1.08 bits per heavy atom. The minimum atomic E-state index is -0.525. The fourth-order valence-corrected chi connectivity index (χ4v) is 3.92. The van der Waals surface area contributed by atoms with E-state index in [1.54, 1.807) is 19.1 Å². The third kappa shape index (κ3) is 5.25.